The van der Waals surface area contributed by atoms with E-state index >= 15 is 0 Å². The topological polar surface area (TPSA) is 70.7 Å². The highest BCUT2D eigenvalue weighted by atomic mass is 16.2. The first-order chi connectivity index (χ1) is 7.34. The van der Waals surface area contributed by atoms with Crippen LogP contribution in [-0.4, -0.2) is 27.1 Å². The van der Waals surface area contributed by atoms with E-state index in [9.17, 15) is 4.79 Å². The first-order valence-corrected chi connectivity index (χ1v) is 5.56. The van der Waals surface area contributed by atoms with Gasteiger partial charge in [-0.05, 0) is 12.3 Å². The number of hydrogen-bond acceptors (Lipinski definition) is 3. The molecule has 0 radical (unpaired) electrons. The Bertz CT molecular complexity index is 364. The van der Waals surface area contributed by atoms with E-state index in [-0.39, 0.29) is 23.2 Å². The lowest BCUT2D eigenvalue weighted by atomic mass is 9.88. The van der Waals surface area contributed by atoms with E-state index in [1.807, 2.05) is 13.8 Å². The van der Waals surface area contributed by atoms with Crippen LogP contribution in [-0.2, 0) is 6.42 Å². The third kappa shape index (κ3) is 3.05. The molecule has 0 saturated carbocycles. The van der Waals surface area contributed by atoms with E-state index < -0.39 is 0 Å². The number of rotatable bonds is 3. The number of nitrogens with zero attached hydrogens (tertiary/aromatic N) is 2. The number of nitrogens with one attached hydrogen (secondary N) is 2. The van der Waals surface area contributed by atoms with Gasteiger partial charge in [-0.25, -0.2) is 4.98 Å². The Morgan fingerprint density at radius 1 is 1.50 bits per heavy atom. The number of carbonyl (C=O) groups is 1. The number of aromatic nitrogens is 3. The molecular formula is C11H20N4O. The molecule has 1 rings (SSSR count). The zero-order valence-electron chi connectivity index (χ0n) is 10.6. The summed E-state index contributed by atoms with van der Waals surface area (Å²) in [6, 6.07) is 0.0728. The van der Waals surface area contributed by atoms with Crippen molar-refractivity contribution in [3.05, 3.63) is 11.6 Å². The number of aromatic amines is 1. The average Bonchev–Trinajstić information content (AvgIpc) is 2.64. The molecule has 0 aliphatic rings. The Hall–Kier alpha value is -1.39. The van der Waals surface area contributed by atoms with Crippen LogP contribution in [0, 0.1) is 5.41 Å². The fourth-order valence-corrected chi connectivity index (χ4v) is 1.03. The fourth-order valence-electron chi connectivity index (χ4n) is 1.03. The van der Waals surface area contributed by atoms with E-state index in [2.05, 4.69) is 41.3 Å². The van der Waals surface area contributed by atoms with Crippen LogP contribution in [0.1, 0.15) is 51.1 Å². The lowest BCUT2D eigenvalue weighted by molar-refractivity contribution is 0.0900. The van der Waals surface area contributed by atoms with Crippen molar-refractivity contribution in [2.24, 2.45) is 5.41 Å². The Balaban J connectivity index is 2.66. The minimum Gasteiger partial charge on any atom is -0.346 e. The predicted molar refractivity (Wildman–Crippen MR) is 62.1 cm³/mol. The third-order valence-corrected chi connectivity index (χ3v) is 2.72. The summed E-state index contributed by atoms with van der Waals surface area (Å²) in [5.74, 6) is 0.722. The predicted octanol–water partition coefficient (Wildman–Crippen LogP) is 1.53. The molecule has 2 N–H and O–H groups in total. The number of hydrogen-bond donors (Lipinski definition) is 2. The summed E-state index contributed by atoms with van der Waals surface area (Å²) >= 11 is 0. The molecule has 0 aliphatic carbocycles. The molecule has 1 amide bonds. The standard InChI is InChI=1S/C11H20N4O/c1-6-8-13-9(15-14-8)10(16)12-7(2)11(3,4)5/h7H,6H2,1-5H3,(H,12,16)(H,13,14,15). The van der Waals surface area contributed by atoms with Crippen molar-refractivity contribution >= 4 is 5.91 Å². The minimum absolute atomic E-state index is 0.0273. The van der Waals surface area contributed by atoms with Crippen molar-refractivity contribution in [2.45, 2.75) is 47.1 Å². The highest BCUT2D eigenvalue weighted by Gasteiger charge is 2.23. The summed E-state index contributed by atoms with van der Waals surface area (Å²) < 4.78 is 0. The zero-order chi connectivity index (χ0) is 12.3. The molecule has 5 nitrogen and oxygen atoms in total. The van der Waals surface area contributed by atoms with Crippen LogP contribution in [0.15, 0.2) is 0 Å². The van der Waals surface area contributed by atoms with Gasteiger partial charge >= 0.3 is 0 Å². The summed E-state index contributed by atoms with van der Waals surface area (Å²) in [5, 5.41) is 9.49. The molecule has 0 aromatic carbocycles. The number of carbonyl (C=O) groups excluding carboxylic acids is 1. The molecule has 1 unspecified atom stereocenters. The van der Waals surface area contributed by atoms with Gasteiger partial charge in [0.1, 0.15) is 5.82 Å². The second kappa shape index (κ2) is 4.63. The van der Waals surface area contributed by atoms with Crippen LogP contribution < -0.4 is 5.32 Å². The average molecular weight is 224 g/mol. The smallest absolute Gasteiger partial charge is 0.291 e. The van der Waals surface area contributed by atoms with Gasteiger partial charge in [0.15, 0.2) is 0 Å². The third-order valence-electron chi connectivity index (χ3n) is 2.72. The summed E-state index contributed by atoms with van der Waals surface area (Å²) in [4.78, 5) is 15.9. The van der Waals surface area contributed by atoms with E-state index in [1.165, 1.54) is 0 Å². The van der Waals surface area contributed by atoms with Gasteiger partial charge in [0, 0.05) is 12.5 Å². The molecule has 16 heavy (non-hydrogen) atoms. The molecule has 1 aromatic heterocycles. The molecule has 0 saturated heterocycles. The maximum absolute atomic E-state index is 11.8. The lowest BCUT2D eigenvalue weighted by Gasteiger charge is -2.27. The summed E-state index contributed by atoms with van der Waals surface area (Å²) in [7, 11) is 0. The normalized spacial score (nSPS) is 13.6. The number of H-pyrrole nitrogens is 1. The number of aryl methyl sites for hydroxylation is 1. The second-order valence-corrected chi connectivity index (χ2v) is 5.02. The van der Waals surface area contributed by atoms with Crippen LogP contribution in [0.5, 0.6) is 0 Å². The van der Waals surface area contributed by atoms with Crippen molar-refractivity contribution in [1.29, 1.82) is 0 Å². The van der Waals surface area contributed by atoms with Gasteiger partial charge < -0.3 is 5.32 Å². The molecule has 1 aromatic rings. The number of amides is 1. The Morgan fingerprint density at radius 2 is 2.12 bits per heavy atom. The molecule has 0 fully saturated rings. The minimum atomic E-state index is -0.224. The SMILES string of the molecule is CCc1nc(C(=O)NC(C)C(C)(C)C)n[nH]1. The fraction of sp³-hybridized carbons (Fsp3) is 0.727. The molecular weight excluding hydrogens is 204 g/mol. The molecule has 1 heterocycles. The highest BCUT2D eigenvalue weighted by molar-refractivity contribution is 5.90. The monoisotopic (exact) mass is 224 g/mol. The largest absolute Gasteiger partial charge is 0.346 e. The molecule has 0 bridgehead atoms. The van der Waals surface area contributed by atoms with Gasteiger partial charge in [-0.3, -0.25) is 9.89 Å². The van der Waals surface area contributed by atoms with Gasteiger partial charge in [0.25, 0.3) is 5.91 Å². The maximum atomic E-state index is 11.8. The van der Waals surface area contributed by atoms with Gasteiger partial charge in [-0.2, -0.15) is 0 Å². The summed E-state index contributed by atoms with van der Waals surface area (Å²) in [5.41, 5.74) is 0.0273. The first-order valence-electron chi connectivity index (χ1n) is 5.56. The van der Waals surface area contributed by atoms with E-state index in [0.717, 1.165) is 12.2 Å². The van der Waals surface area contributed by atoms with Gasteiger partial charge in [0.05, 0.1) is 0 Å². The van der Waals surface area contributed by atoms with Crippen molar-refractivity contribution in [3.63, 3.8) is 0 Å². The van der Waals surface area contributed by atoms with Crippen molar-refractivity contribution in [3.8, 4) is 0 Å². The second-order valence-electron chi connectivity index (χ2n) is 5.02. The van der Waals surface area contributed by atoms with E-state index in [4.69, 9.17) is 0 Å². The van der Waals surface area contributed by atoms with Gasteiger partial charge in [-0.1, -0.05) is 27.7 Å². The van der Waals surface area contributed by atoms with Crippen LogP contribution in [0.4, 0.5) is 0 Å². The van der Waals surface area contributed by atoms with Gasteiger partial charge in [0.2, 0.25) is 5.82 Å². The Kier molecular flexibility index (Phi) is 3.67. The molecule has 0 spiro atoms. The highest BCUT2D eigenvalue weighted by Crippen LogP contribution is 2.18. The summed E-state index contributed by atoms with van der Waals surface area (Å²) in [6.07, 6.45) is 0.745. The molecule has 90 valence electrons. The molecule has 0 aliphatic heterocycles. The van der Waals surface area contributed by atoms with Crippen molar-refractivity contribution in [1.82, 2.24) is 20.5 Å². The summed E-state index contributed by atoms with van der Waals surface area (Å²) in [6.45, 7) is 10.2. The Labute approximate surface area is 96.0 Å². The Morgan fingerprint density at radius 3 is 2.56 bits per heavy atom. The first kappa shape index (κ1) is 12.7. The quantitative estimate of drug-likeness (QED) is 0.818. The van der Waals surface area contributed by atoms with Gasteiger partial charge in [-0.15, -0.1) is 5.10 Å². The van der Waals surface area contributed by atoms with Crippen molar-refractivity contribution in [2.75, 3.05) is 0 Å². The molecule has 5 heteroatoms. The van der Waals surface area contributed by atoms with Crippen LogP contribution in [0.3, 0.4) is 0 Å². The van der Waals surface area contributed by atoms with Crippen LogP contribution in [0.25, 0.3) is 0 Å². The van der Waals surface area contributed by atoms with Crippen LogP contribution in [0.2, 0.25) is 0 Å². The van der Waals surface area contributed by atoms with E-state index in [1.54, 1.807) is 0 Å². The van der Waals surface area contributed by atoms with Crippen molar-refractivity contribution < 1.29 is 4.79 Å². The lowest BCUT2D eigenvalue weighted by Crippen LogP contribution is -2.41. The van der Waals surface area contributed by atoms with E-state index in [0.29, 0.717) is 0 Å². The molecule has 1 atom stereocenters. The maximum Gasteiger partial charge on any atom is 0.291 e. The van der Waals surface area contributed by atoms with Crippen LogP contribution >= 0.6 is 0 Å². The zero-order valence-corrected chi connectivity index (χ0v) is 10.6.